The number of hydrogen-bond donors (Lipinski definition) is 2. The summed E-state index contributed by atoms with van der Waals surface area (Å²) in [5.74, 6) is -0.700. The minimum atomic E-state index is -4.33. The smallest absolute Gasteiger partial charge is 0.352 e. The summed E-state index contributed by atoms with van der Waals surface area (Å²) in [4.78, 5) is 11.7. The molecule has 22 heavy (non-hydrogen) atoms. The summed E-state index contributed by atoms with van der Waals surface area (Å²) in [6.07, 6.45) is -1.77. The molecule has 1 saturated carbocycles. The maximum absolute atomic E-state index is 12.9. The van der Waals surface area contributed by atoms with Crippen molar-refractivity contribution in [2.75, 3.05) is 13.1 Å². The zero-order valence-corrected chi connectivity index (χ0v) is 11.9. The van der Waals surface area contributed by atoms with Gasteiger partial charge in [-0.15, -0.1) is 0 Å². The molecule has 1 aliphatic carbocycles. The highest BCUT2D eigenvalue weighted by atomic mass is 19.4. The van der Waals surface area contributed by atoms with Gasteiger partial charge in [0.25, 0.3) is 0 Å². The lowest BCUT2D eigenvalue weighted by molar-refractivity contribution is -0.128. The number of carbonyl (C=O) groups is 1. The zero-order chi connectivity index (χ0) is 16.2. The molecule has 2 rings (SSSR count). The Bertz CT molecular complexity index is 501. The Morgan fingerprint density at radius 1 is 1.18 bits per heavy atom. The summed E-state index contributed by atoms with van der Waals surface area (Å²) in [7, 11) is 0. The highest BCUT2D eigenvalue weighted by Gasteiger charge is 2.30. The normalized spacial score (nSPS) is 21.8. The van der Waals surface area contributed by atoms with Gasteiger partial charge in [-0.05, 0) is 30.5 Å². The van der Waals surface area contributed by atoms with E-state index < -0.39 is 18.6 Å². The number of carbonyl (C=O) groups excluding carboxylic acids is 1. The number of halogens is 4. The van der Waals surface area contributed by atoms with E-state index >= 15 is 0 Å². The van der Waals surface area contributed by atoms with Gasteiger partial charge in [-0.25, -0.2) is 4.39 Å². The number of benzene rings is 1. The Hall–Kier alpha value is -1.63. The fourth-order valence-electron chi connectivity index (χ4n) is 2.82. The number of rotatable bonds is 5. The Morgan fingerprint density at radius 2 is 1.86 bits per heavy atom. The number of amides is 1. The van der Waals surface area contributed by atoms with Gasteiger partial charge < -0.3 is 10.6 Å². The van der Waals surface area contributed by atoms with Crippen molar-refractivity contribution >= 4 is 5.91 Å². The maximum atomic E-state index is 12.9. The zero-order valence-electron chi connectivity index (χ0n) is 11.9. The Kier molecular flexibility index (Phi) is 5.39. The molecule has 2 atom stereocenters. The van der Waals surface area contributed by atoms with Crippen LogP contribution < -0.4 is 10.6 Å². The maximum Gasteiger partial charge on any atom is 0.401 e. The molecule has 7 heteroatoms. The molecule has 0 aromatic heterocycles. The van der Waals surface area contributed by atoms with E-state index in [4.69, 9.17) is 0 Å². The van der Waals surface area contributed by atoms with Crippen molar-refractivity contribution < 1.29 is 22.4 Å². The molecule has 1 aromatic carbocycles. The van der Waals surface area contributed by atoms with Gasteiger partial charge in [0.15, 0.2) is 0 Å². The fourth-order valence-corrected chi connectivity index (χ4v) is 2.82. The molecule has 3 nitrogen and oxygen atoms in total. The van der Waals surface area contributed by atoms with Crippen LogP contribution in [0.3, 0.4) is 0 Å². The molecule has 1 amide bonds. The van der Waals surface area contributed by atoms with Crippen molar-refractivity contribution in [2.24, 2.45) is 0 Å². The van der Waals surface area contributed by atoms with Gasteiger partial charge in [0, 0.05) is 12.0 Å². The summed E-state index contributed by atoms with van der Waals surface area (Å²) in [5, 5.41) is 4.84. The highest BCUT2D eigenvalue weighted by Crippen LogP contribution is 2.34. The molecule has 1 aliphatic rings. The second-order valence-electron chi connectivity index (χ2n) is 5.48. The molecule has 0 radical (unpaired) electrons. The molecule has 2 N–H and O–H groups in total. The molecule has 0 heterocycles. The number of alkyl halides is 3. The summed E-state index contributed by atoms with van der Waals surface area (Å²) in [5.41, 5.74) is 0.937. The monoisotopic (exact) mass is 318 g/mol. The SMILES string of the molecule is O=C(CNCC(F)(F)F)N[C@@H]1CCC[C@H]1c1ccc(F)cc1. The van der Waals surface area contributed by atoms with E-state index in [0.29, 0.717) is 0 Å². The van der Waals surface area contributed by atoms with Crippen LogP contribution in [0.25, 0.3) is 0 Å². The van der Waals surface area contributed by atoms with Crippen LogP contribution in [-0.2, 0) is 4.79 Å². The predicted octanol–water partition coefficient (Wildman–Crippen LogP) is 2.73. The van der Waals surface area contributed by atoms with Crippen LogP contribution in [0, 0.1) is 5.82 Å². The van der Waals surface area contributed by atoms with Crippen molar-refractivity contribution in [1.29, 1.82) is 0 Å². The van der Waals surface area contributed by atoms with Gasteiger partial charge in [0.2, 0.25) is 5.91 Å². The fraction of sp³-hybridized carbons (Fsp3) is 0.533. The van der Waals surface area contributed by atoms with Crippen LogP contribution in [0.1, 0.15) is 30.7 Å². The second kappa shape index (κ2) is 7.09. The van der Waals surface area contributed by atoms with Gasteiger partial charge in [-0.1, -0.05) is 18.6 Å². The van der Waals surface area contributed by atoms with Gasteiger partial charge in [0.1, 0.15) is 5.82 Å². The van der Waals surface area contributed by atoms with Crippen molar-refractivity contribution in [3.05, 3.63) is 35.6 Å². The van der Waals surface area contributed by atoms with E-state index in [1.54, 1.807) is 12.1 Å². The third-order valence-electron chi connectivity index (χ3n) is 3.77. The molecule has 0 bridgehead atoms. The van der Waals surface area contributed by atoms with Gasteiger partial charge in [-0.2, -0.15) is 13.2 Å². The number of hydrogen-bond acceptors (Lipinski definition) is 2. The second-order valence-corrected chi connectivity index (χ2v) is 5.48. The largest absolute Gasteiger partial charge is 0.401 e. The van der Waals surface area contributed by atoms with Crippen molar-refractivity contribution in [3.63, 3.8) is 0 Å². The Labute approximate surface area is 126 Å². The van der Waals surface area contributed by atoms with Crippen molar-refractivity contribution in [3.8, 4) is 0 Å². The highest BCUT2D eigenvalue weighted by molar-refractivity contribution is 5.78. The van der Waals surface area contributed by atoms with Crippen molar-refractivity contribution in [1.82, 2.24) is 10.6 Å². The minimum absolute atomic E-state index is 0.0761. The predicted molar refractivity (Wildman–Crippen MR) is 73.8 cm³/mol. The van der Waals surface area contributed by atoms with Crippen LogP contribution in [0.5, 0.6) is 0 Å². The van der Waals surface area contributed by atoms with E-state index in [9.17, 15) is 22.4 Å². The van der Waals surface area contributed by atoms with Gasteiger partial charge in [0.05, 0.1) is 13.1 Å². The van der Waals surface area contributed by atoms with E-state index in [1.165, 1.54) is 12.1 Å². The quantitative estimate of drug-likeness (QED) is 0.820. The molecule has 0 spiro atoms. The summed E-state index contributed by atoms with van der Waals surface area (Å²) >= 11 is 0. The van der Waals surface area contributed by atoms with Gasteiger partial charge >= 0.3 is 6.18 Å². The van der Waals surface area contributed by atoms with E-state index in [-0.39, 0.29) is 24.3 Å². The average Bonchev–Trinajstić information content (AvgIpc) is 2.86. The lowest BCUT2D eigenvalue weighted by atomic mass is 9.94. The first-order valence-corrected chi connectivity index (χ1v) is 7.17. The van der Waals surface area contributed by atoms with Crippen molar-refractivity contribution in [2.45, 2.75) is 37.4 Å². The van der Waals surface area contributed by atoms with Crippen LogP contribution in [0.4, 0.5) is 17.6 Å². The molecule has 0 saturated heterocycles. The van der Waals surface area contributed by atoms with E-state index in [0.717, 1.165) is 24.8 Å². The molecule has 1 aromatic rings. The Morgan fingerprint density at radius 3 is 2.50 bits per heavy atom. The van der Waals surface area contributed by atoms with E-state index in [1.807, 2.05) is 0 Å². The van der Waals surface area contributed by atoms with Crippen LogP contribution in [0.2, 0.25) is 0 Å². The first kappa shape index (κ1) is 16.7. The summed E-state index contributed by atoms with van der Waals surface area (Å²) in [6.45, 7) is -1.56. The molecule has 0 aliphatic heterocycles. The molecule has 0 unspecified atom stereocenters. The average molecular weight is 318 g/mol. The molecular weight excluding hydrogens is 300 g/mol. The van der Waals surface area contributed by atoms with Crippen LogP contribution in [0.15, 0.2) is 24.3 Å². The summed E-state index contributed by atoms with van der Waals surface area (Å²) in [6, 6.07) is 6.00. The third-order valence-corrected chi connectivity index (χ3v) is 3.77. The standard InChI is InChI=1S/C15H18F4N2O/c16-11-6-4-10(5-7-11)12-2-1-3-13(12)21-14(22)8-20-9-15(17,18)19/h4-7,12-13,20H,1-3,8-9H2,(H,21,22)/t12-,13+/m0/s1. The lowest BCUT2D eigenvalue weighted by Crippen LogP contribution is -2.43. The first-order chi connectivity index (χ1) is 10.3. The molecular formula is C15H18F4N2O. The minimum Gasteiger partial charge on any atom is -0.352 e. The van der Waals surface area contributed by atoms with Gasteiger partial charge in [-0.3, -0.25) is 4.79 Å². The molecule has 1 fully saturated rings. The molecule has 122 valence electrons. The van der Waals surface area contributed by atoms with Crippen LogP contribution in [-0.4, -0.2) is 31.2 Å². The first-order valence-electron chi connectivity index (χ1n) is 7.17. The topological polar surface area (TPSA) is 41.1 Å². The third kappa shape index (κ3) is 4.98. The van der Waals surface area contributed by atoms with E-state index in [2.05, 4.69) is 10.6 Å². The Balaban J connectivity index is 1.86. The summed E-state index contributed by atoms with van der Waals surface area (Å²) < 4.78 is 49.0. The van der Waals surface area contributed by atoms with Crippen LogP contribution >= 0.6 is 0 Å². The lowest BCUT2D eigenvalue weighted by Gasteiger charge is -2.21. The number of nitrogens with one attached hydrogen (secondary N) is 2.